The Labute approximate surface area is 161 Å². The summed E-state index contributed by atoms with van der Waals surface area (Å²) < 4.78 is 5.83. The van der Waals surface area contributed by atoms with Crippen LogP contribution in [0.2, 0.25) is 0 Å². The number of fused-ring (bicyclic) bond motifs is 1. The fourth-order valence-electron chi connectivity index (χ4n) is 3.49. The molecule has 7 heteroatoms. The molecule has 1 aliphatic heterocycles. The average molecular weight is 373 g/mol. The molecule has 0 atom stereocenters. The first-order chi connectivity index (χ1) is 13.8. The third kappa shape index (κ3) is 3.11. The second-order valence-corrected chi connectivity index (χ2v) is 6.90. The Balaban J connectivity index is 1.31. The second kappa shape index (κ2) is 6.84. The minimum absolute atomic E-state index is 0.0959. The van der Waals surface area contributed by atoms with Crippen molar-refractivity contribution in [2.24, 2.45) is 0 Å². The van der Waals surface area contributed by atoms with Crippen LogP contribution >= 0.6 is 0 Å². The van der Waals surface area contributed by atoms with Crippen molar-refractivity contribution in [1.82, 2.24) is 20.1 Å². The molecule has 1 amide bonds. The molecule has 0 bridgehead atoms. The molecule has 1 saturated heterocycles. The molecule has 2 N–H and O–H groups in total. The van der Waals surface area contributed by atoms with E-state index in [1.54, 1.807) is 12.4 Å². The van der Waals surface area contributed by atoms with Gasteiger partial charge in [-0.25, -0.2) is 4.98 Å². The summed E-state index contributed by atoms with van der Waals surface area (Å²) in [7, 11) is 0. The van der Waals surface area contributed by atoms with Crippen molar-refractivity contribution in [2.75, 3.05) is 18.4 Å². The molecule has 28 heavy (non-hydrogen) atoms. The molecule has 2 aromatic carbocycles. The Morgan fingerprint density at radius 1 is 1.07 bits per heavy atom. The van der Waals surface area contributed by atoms with Gasteiger partial charge >= 0.3 is 0 Å². The number of aromatic nitrogens is 3. The number of amides is 1. The van der Waals surface area contributed by atoms with Gasteiger partial charge in [-0.3, -0.25) is 9.89 Å². The molecule has 1 aliphatic rings. The Morgan fingerprint density at radius 3 is 2.71 bits per heavy atom. The Bertz CT molecular complexity index is 1120. The zero-order chi connectivity index (χ0) is 18.9. The van der Waals surface area contributed by atoms with E-state index in [4.69, 9.17) is 4.42 Å². The van der Waals surface area contributed by atoms with Gasteiger partial charge < -0.3 is 14.6 Å². The van der Waals surface area contributed by atoms with Crippen molar-refractivity contribution < 1.29 is 9.21 Å². The largest absolute Gasteiger partial charge is 0.423 e. The maximum absolute atomic E-state index is 12.4. The molecule has 1 fully saturated rings. The summed E-state index contributed by atoms with van der Waals surface area (Å²) in [5, 5.41) is 11.1. The lowest BCUT2D eigenvalue weighted by atomic mass is 10.1. The molecule has 140 valence electrons. The molecule has 0 aliphatic carbocycles. The van der Waals surface area contributed by atoms with E-state index in [1.807, 2.05) is 47.4 Å². The number of hydrogen-bond donors (Lipinski definition) is 2. The Hall–Kier alpha value is -3.61. The fourth-order valence-corrected chi connectivity index (χ4v) is 3.49. The van der Waals surface area contributed by atoms with Gasteiger partial charge in [0.1, 0.15) is 0 Å². The number of nitrogens with zero attached hydrogens (tertiary/aromatic N) is 3. The molecule has 7 nitrogen and oxygen atoms in total. The maximum Gasteiger partial charge on any atom is 0.299 e. The SMILES string of the molecule is O=C(c1ccc(-c2cnc(Nc3ccc4[nH]ncc4c3)o2)cc1)N1CCCC1. The van der Waals surface area contributed by atoms with E-state index in [0.717, 1.165) is 48.1 Å². The number of carbonyl (C=O) groups is 1. The van der Waals surface area contributed by atoms with Gasteiger partial charge in [0.15, 0.2) is 5.76 Å². The zero-order valence-electron chi connectivity index (χ0n) is 15.2. The summed E-state index contributed by atoms with van der Waals surface area (Å²) in [4.78, 5) is 18.7. The molecule has 0 spiro atoms. The Morgan fingerprint density at radius 2 is 1.89 bits per heavy atom. The molecule has 5 rings (SSSR count). The van der Waals surface area contributed by atoms with E-state index in [2.05, 4.69) is 20.5 Å². The maximum atomic E-state index is 12.4. The molecule has 3 heterocycles. The van der Waals surface area contributed by atoms with Crippen LogP contribution in [0.4, 0.5) is 11.7 Å². The summed E-state index contributed by atoms with van der Waals surface area (Å²) in [6, 6.07) is 13.7. The van der Waals surface area contributed by atoms with Crippen molar-refractivity contribution >= 4 is 28.5 Å². The van der Waals surface area contributed by atoms with Crippen LogP contribution in [0.3, 0.4) is 0 Å². The number of aromatic amines is 1. The number of benzene rings is 2. The normalized spacial score (nSPS) is 13.9. The van der Waals surface area contributed by atoms with E-state index in [-0.39, 0.29) is 5.91 Å². The van der Waals surface area contributed by atoms with Gasteiger partial charge in [0, 0.05) is 35.3 Å². The topological polar surface area (TPSA) is 87.0 Å². The summed E-state index contributed by atoms with van der Waals surface area (Å²) >= 11 is 0. The van der Waals surface area contributed by atoms with Gasteiger partial charge in [-0.1, -0.05) is 12.1 Å². The first-order valence-corrected chi connectivity index (χ1v) is 9.32. The minimum atomic E-state index is 0.0959. The predicted octanol–water partition coefficient (Wildman–Crippen LogP) is 4.20. The molecule has 0 radical (unpaired) electrons. The standard InChI is InChI=1S/C21H19N5O2/c27-20(26-9-1-2-10-26)15-5-3-14(4-6-15)19-13-22-21(28-19)24-17-7-8-18-16(11-17)12-23-25-18/h3-8,11-13H,1-2,9-10H2,(H,22,24)(H,23,25). The lowest BCUT2D eigenvalue weighted by Gasteiger charge is -2.15. The highest BCUT2D eigenvalue weighted by atomic mass is 16.4. The summed E-state index contributed by atoms with van der Waals surface area (Å²) in [5.74, 6) is 0.741. The van der Waals surface area contributed by atoms with Gasteiger partial charge in [-0.2, -0.15) is 5.10 Å². The number of nitrogens with one attached hydrogen (secondary N) is 2. The van der Waals surface area contributed by atoms with Crippen LogP contribution in [0.15, 0.2) is 59.3 Å². The monoisotopic (exact) mass is 373 g/mol. The summed E-state index contributed by atoms with van der Waals surface area (Å²) in [6.45, 7) is 1.70. The van der Waals surface area contributed by atoms with Crippen LogP contribution in [-0.2, 0) is 0 Å². The van der Waals surface area contributed by atoms with Crippen LogP contribution in [0.1, 0.15) is 23.2 Å². The predicted molar refractivity (Wildman–Crippen MR) is 106 cm³/mol. The summed E-state index contributed by atoms with van der Waals surface area (Å²) in [6.07, 6.45) is 5.62. The number of hydrogen-bond acceptors (Lipinski definition) is 5. The summed E-state index contributed by atoms with van der Waals surface area (Å²) in [5.41, 5.74) is 3.43. The van der Waals surface area contributed by atoms with Gasteiger partial charge in [-0.05, 0) is 43.2 Å². The number of carbonyl (C=O) groups excluding carboxylic acids is 1. The van der Waals surface area contributed by atoms with Gasteiger partial charge in [0.2, 0.25) is 0 Å². The molecular formula is C21H19N5O2. The van der Waals surface area contributed by atoms with Crippen LogP contribution in [0.25, 0.3) is 22.2 Å². The number of H-pyrrole nitrogens is 1. The fraction of sp³-hybridized carbons (Fsp3) is 0.190. The van der Waals surface area contributed by atoms with Crippen LogP contribution in [0.5, 0.6) is 0 Å². The first kappa shape index (κ1) is 16.6. The Kier molecular flexibility index (Phi) is 4.05. The van der Waals surface area contributed by atoms with Crippen LogP contribution in [-0.4, -0.2) is 39.1 Å². The number of likely N-dealkylation sites (tertiary alicyclic amines) is 1. The lowest BCUT2D eigenvalue weighted by Crippen LogP contribution is -2.27. The van der Waals surface area contributed by atoms with Crippen LogP contribution < -0.4 is 5.32 Å². The molecule has 0 saturated carbocycles. The van der Waals surface area contributed by atoms with E-state index in [0.29, 0.717) is 17.3 Å². The van der Waals surface area contributed by atoms with Gasteiger partial charge in [0.25, 0.3) is 11.9 Å². The molecular weight excluding hydrogens is 354 g/mol. The smallest absolute Gasteiger partial charge is 0.299 e. The lowest BCUT2D eigenvalue weighted by molar-refractivity contribution is 0.0793. The molecule has 4 aromatic rings. The first-order valence-electron chi connectivity index (χ1n) is 9.32. The van der Waals surface area contributed by atoms with Crippen molar-refractivity contribution in [3.63, 3.8) is 0 Å². The van der Waals surface area contributed by atoms with E-state index in [1.165, 1.54) is 0 Å². The number of oxazole rings is 1. The quantitative estimate of drug-likeness (QED) is 0.560. The zero-order valence-corrected chi connectivity index (χ0v) is 15.2. The van der Waals surface area contributed by atoms with E-state index in [9.17, 15) is 4.79 Å². The average Bonchev–Trinajstić information content (AvgIpc) is 3.49. The van der Waals surface area contributed by atoms with E-state index < -0.39 is 0 Å². The molecule has 2 aromatic heterocycles. The van der Waals surface area contributed by atoms with E-state index >= 15 is 0 Å². The van der Waals surface area contributed by atoms with Crippen molar-refractivity contribution in [1.29, 1.82) is 0 Å². The van der Waals surface area contributed by atoms with Crippen molar-refractivity contribution in [2.45, 2.75) is 12.8 Å². The highest BCUT2D eigenvalue weighted by Gasteiger charge is 2.19. The van der Waals surface area contributed by atoms with Gasteiger partial charge in [0.05, 0.1) is 17.9 Å². The van der Waals surface area contributed by atoms with Gasteiger partial charge in [-0.15, -0.1) is 0 Å². The minimum Gasteiger partial charge on any atom is -0.423 e. The number of anilines is 2. The third-order valence-electron chi connectivity index (χ3n) is 5.01. The van der Waals surface area contributed by atoms with Crippen molar-refractivity contribution in [3.05, 3.63) is 60.4 Å². The highest BCUT2D eigenvalue weighted by Crippen LogP contribution is 2.26. The third-order valence-corrected chi connectivity index (χ3v) is 5.01. The highest BCUT2D eigenvalue weighted by molar-refractivity contribution is 5.94. The molecule has 0 unspecified atom stereocenters. The second-order valence-electron chi connectivity index (χ2n) is 6.90. The van der Waals surface area contributed by atoms with Crippen molar-refractivity contribution in [3.8, 4) is 11.3 Å². The number of rotatable bonds is 4. The van der Waals surface area contributed by atoms with Crippen LogP contribution in [0, 0.1) is 0 Å².